The number of nitrogens with one attached hydrogen (secondary N) is 1. The monoisotopic (exact) mass is 375 g/mol. The van der Waals surface area contributed by atoms with Crippen molar-refractivity contribution < 1.29 is 22.7 Å². The third-order valence-electron chi connectivity index (χ3n) is 3.71. The summed E-state index contributed by atoms with van der Waals surface area (Å²) in [4.78, 5) is 24.0. The molecule has 0 bridgehead atoms. The van der Waals surface area contributed by atoms with E-state index in [-0.39, 0.29) is 10.5 Å². The Morgan fingerprint density at radius 2 is 1.58 bits per heavy atom. The molecule has 1 amide bonds. The normalized spacial score (nSPS) is 11.2. The number of anilines is 1. The van der Waals surface area contributed by atoms with Gasteiger partial charge in [-0.2, -0.15) is 0 Å². The van der Waals surface area contributed by atoms with E-state index in [9.17, 15) is 18.0 Å². The topological polar surface area (TPSA) is 89.5 Å². The number of hydrogen-bond acceptors (Lipinski definition) is 5. The van der Waals surface area contributed by atoms with E-state index >= 15 is 0 Å². The number of carbonyl (C=O) groups is 2. The molecule has 0 radical (unpaired) electrons. The van der Waals surface area contributed by atoms with Crippen molar-refractivity contribution in [2.45, 2.75) is 30.9 Å². The lowest BCUT2D eigenvalue weighted by molar-refractivity contribution is -0.119. The van der Waals surface area contributed by atoms with Crippen LogP contribution in [0.3, 0.4) is 0 Å². The average molecular weight is 375 g/mol. The molecule has 0 spiro atoms. The van der Waals surface area contributed by atoms with E-state index < -0.39 is 33.6 Å². The van der Waals surface area contributed by atoms with Gasteiger partial charge in [-0.05, 0) is 57.2 Å². The standard InChI is InChI=1S/C19H21NO5S/c1-13(2)26(23,24)17-10-6-15(7-11-17)19(22)25-12-18(21)20-16-8-4-14(3)5-9-16/h4-11,13H,12H2,1-3H3,(H,20,21). The Labute approximate surface area is 153 Å². The SMILES string of the molecule is Cc1ccc(NC(=O)COC(=O)c2ccc(S(=O)(=O)C(C)C)cc2)cc1. The van der Waals surface area contributed by atoms with Crippen molar-refractivity contribution in [3.05, 3.63) is 59.7 Å². The molecule has 26 heavy (non-hydrogen) atoms. The first-order chi connectivity index (χ1) is 12.2. The lowest BCUT2D eigenvalue weighted by atomic mass is 10.2. The van der Waals surface area contributed by atoms with E-state index in [4.69, 9.17) is 4.74 Å². The third-order valence-corrected chi connectivity index (χ3v) is 5.88. The minimum absolute atomic E-state index is 0.140. The Morgan fingerprint density at radius 3 is 2.12 bits per heavy atom. The molecule has 0 fully saturated rings. The van der Waals surface area contributed by atoms with Gasteiger partial charge >= 0.3 is 5.97 Å². The van der Waals surface area contributed by atoms with Gasteiger partial charge in [0.2, 0.25) is 0 Å². The van der Waals surface area contributed by atoms with Gasteiger partial charge in [0, 0.05) is 5.69 Å². The Balaban J connectivity index is 1.93. The molecule has 7 heteroatoms. The van der Waals surface area contributed by atoms with Crippen LogP contribution in [-0.4, -0.2) is 32.2 Å². The molecule has 2 aromatic rings. The van der Waals surface area contributed by atoms with Crippen LogP contribution in [0.15, 0.2) is 53.4 Å². The van der Waals surface area contributed by atoms with Crippen molar-refractivity contribution in [2.75, 3.05) is 11.9 Å². The number of sulfone groups is 1. The van der Waals surface area contributed by atoms with Crippen molar-refractivity contribution in [3.8, 4) is 0 Å². The van der Waals surface area contributed by atoms with Crippen LogP contribution in [0, 0.1) is 6.92 Å². The fraction of sp³-hybridized carbons (Fsp3) is 0.263. The highest BCUT2D eigenvalue weighted by Gasteiger charge is 2.19. The quantitative estimate of drug-likeness (QED) is 0.784. The highest BCUT2D eigenvalue weighted by atomic mass is 32.2. The molecule has 0 aromatic heterocycles. The van der Waals surface area contributed by atoms with Crippen LogP contribution >= 0.6 is 0 Å². The van der Waals surface area contributed by atoms with E-state index in [2.05, 4.69) is 5.32 Å². The van der Waals surface area contributed by atoms with Crippen molar-refractivity contribution in [3.63, 3.8) is 0 Å². The van der Waals surface area contributed by atoms with Crippen LogP contribution in [-0.2, 0) is 19.4 Å². The first kappa shape index (κ1) is 19.7. The second-order valence-corrected chi connectivity index (χ2v) is 8.61. The molecule has 2 rings (SSSR count). The fourth-order valence-electron chi connectivity index (χ4n) is 2.10. The van der Waals surface area contributed by atoms with Crippen molar-refractivity contribution in [1.82, 2.24) is 0 Å². The smallest absolute Gasteiger partial charge is 0.338 e. The van der Waals surface area contributed by atoms with E-state index in [1.54, 1.807) is 26.0 Å². The predicted molar refractivity (Wildman–Crippen MR) is 98.9 cm³/mol. The number of benzene rings is 2. The molecular formula is C19H21NO5S. The molecule has 1 N–H and O–H groups in total. The van der Waals surface area contributed by atoms with Gasteiger partial charge in [-0.1, -0.05) is 17.7 Å². The molecule has 0 saturated carbocycles. The maximum atomic E-state index is 12.1. The number of amides is 1. The molecule has 0 atom stereocenters. The van der Waals surface area contributed by atoms with Crippen LogP contribution in [0.2, 0.25) is 0 Å². The van der Waals surface area contributed by atoms with Crippen molar-refractivity contribution in [2.24, 2.45) is 0 Å². The molecule has 138 valence electrons. The number of carbonyl (C=O) groups excluding carboxylic acids is 2. The van der Waals surface area contributed by atoms with E-state index in [0.29, 0.717) is 5.69 Å². The molecule has 0 heterocycles. The van der Waals surface area contributed by atoms with Gasteiger partial charge in [-0.25, -0.2) is 13.2 Å². The van der Waals surface area contributed by atoms with Gasteiger partial charge in [0.25, 0.3) is 5.91 Å². The van der Waals surface area contributed by atoms with Gasteiger partial charge in [-0.3, -0.25) is 4.79 Å². The van der Waals surface area contributed by atoms with Crippen LogP contribution in [0.25, 0.3) is 0 Å². The van der Waals surface area contributed by atoms with E-state index in [0.717, 1.165) is 5.56 Å². The summed E-state index contributed by atoms with van der Waals surface area (Å²) in [6.07, 6.45) is 0. The van der Waals surface area contributed by atoms with Gasteiger partial charge in [0.1, 0.15) is 0 Å². The largest absolute Gasteiger partial charge is 0.452 e. The summed E-state index contributed by atoms with van der Waals surface area (Å²) < 4.78 is 29.1. The lowest BCUT2D eigenvalue weighted by Gasteiger charge is -2.09. The Bertz CT molecular complexity index is 885. The van der Waals surface area contributed by atoms with Gasteiger partial charge in [-0.15, -0.1) is 0 Å². The molecule has 0 aliphatic heterocycles. The molecule has 0 aliphatic rings. The number of aryl methyl sites for hydroxylation is 1. The number of rotatable bonds is 6. The summed E-state index contributed by atoms with van der Waals surface area (Å²) >= 11 is 0. The summed E-state index contributed by atoms with van der Waals surface area (Å²) in [5, 5.41) is 2.07. The van der Waals surface area contributed by atoms with Crippen LogP contribution in [0.5, 0.6) is 0 Å². The average Bonchev–Trinajstić information content (AvgIpc) is 2.61. The Kier molecular flexibility index (Phi) is 6.15. The van der Waals surface area contributed by atoms with Crippen LogP contribution < -0.4 is 5.32 Å². The fourth-order valence-corrected chi connectivity index (χ4v) is 3.16. The van der Waals surface area contributed by atoms with E-state index in [1.165, 1.54) is 24.3 Å². The first-order valence-corrected chi connectivity index (χ1v) is 9.62. The molecular weight excluding hydrogens is 354 g/mol. The maximum absolute atomic E-state index is 12.1. The maximum Gasteiger partial charge on any atom is 0.338 e. The summed E-state index contributed by atoms with van der Waals surface area (Å²) in [7, 11) is -3.40. The highest BCUT2D eigenvalue weighted by molar-refractivity contribution is 7.92. The molecule has 0 aliphatic carbocycles. The van der Waals surface area contributed by atoms with E-state index in [1.807, 2.05) is 19.1 Å². The molecule has 0 unspecified atom stereocenters. The molecule has 0 saturated heterocycles. The summed E-state index contributed by atoms with van der Waals surface area (Å²) in [6.45, 7) is 4.68. The van der Waals surface area contributed by atoms with Crippen LogP contribution in [0.4, 0.5) is 5.69 Å². The second-order valence-electron chi connectivity index (χ2n) is 6.11. The molecule has 6 nitrogen and oxygen atoms in total. The van der Waals surface area contributed by atoms with Gasteiger partial charge < -0.3 is 10.1 Å². The molecule has 2 aromatic carbocycles. The number of ether oxygens (including phenoxy) is 1. The summed E-state index contributed by atoms with van der Waals surface area (Å²) in [5.41, 5.74) is 1.85. The van der Waals surface area contributed by atoms with Gasteiger partial charge in [0.05, 0.1) is 15.7 Å². The Hall–Kier alpha value is -2.67. The minimum atomic E-state index is -3.40. The van der Waals surface area contributed by atoms with Gasteiger partial charge in [0.15, 0.2) is 16.4 Å². The minimum Gasteiger partial charge on any atom is -0.452 e. The zero-order valence-electron chi connectivity index (χ0n) is 14.9. The summed E-state index contributed by atoms with van der Waals surface area (Å²) in [5.74, 6) is -1.15. The first-order valence-electron chi connectivity index (χ1n) is 8.08. The summed E-state index contributed by atoms with van der Waals surface area (Å²) in [6, 6.07) is 12.7. The van der Waals surface area contributed by atoms with Crippen LogP contribution in [0.1, 0.15) is 29.8 Å². The zero-order valence-corrected chi connectivity index (χ0v) is 15.7. The van der Waals surface area contributed by atoms with Crippen molar-refractivity contribution in [1.29, 1.82) is 0 Å². The highest BCUT2D eigenvalue weighted by Crippen LogP contribution is 2.17. The number of esters is 1. The number of hydrogen-bond donors (Lipinski definition) is 1. The van der Waals surface area contributed by atoms with Crippen molar-refractivity contribution >= 4 is 27.4 Å². The lowest BCUT2D eigenvalue weighted by Crippen LogP contribution is -2.21. The Morgan fingerprint density at radius 1 is 1.00 bits per heavy atom. The predicted octanol–water partition coefficient (Wildman–Crippen LogP) is 2.97. The zero-order chi connectivity index (χ0) is 19.3. The second kappa shape index (κ2) is 8.14. The third kappa shape index (κ3) is 4.92.